The Balaban J connectivity index is 0.00000242. The van der Waals surface area contributed by atoms with Gasteiger partial charge in [-0.15, -0.1) is 24.0 Å². The fourth-order valence-corrected chi connectivity index (χ4v) is 2.24. The third-order valence-electron chi connectivity index (χ3n) is 3.41. The van der Waals surface area contributed by atoms with Gasteiger partial charge in [-0.1, -0.05) is 0 Å². The molecule has 0 aromatic heterocycles. The average Bonchev–Trinajstić information content (AvgIpc) is 2.54. The fraction of sp³-hybridized carbons (Fsp3) is 0.533. The van der Waals surface area contributed by atoms with E-state index in [4.69, 9.17) is 19.9 Å². The van der Waals surface area contributed by atoms with E-state index >= 15 is 0 Å². The number of nitrogens with zero attached hydrogens (tertiary/aromatic N) is 1. The SMILES string of the molecule is COc1ccc(OC)c(NC(N)=NCC2CCCCO2)c1.I. The predicted octanol–water partition coefficient (Wildman–Crippen LogP) is 2.62. The maximum Gasteiger partial charge on any atom is 0.193 e. The summed E-state index contributed by atoms with van der Waals surface area (Å²) in [5.74, 6) is 1.75. The summed E-state index contributed by atoms with van der Waals surface area (Å²) < 4.78 is 16.1. The fourth-order valence-electron chi connectivity index (χ4n) is 2.24. The molecule has 1 aliphatic heterocycles. The van der Waals surface area contributed by atoms with Crippen LogP contribution < -0.4 is 20.5 Å². The van der Waals surface area contributed by atoms with Crippen molar-refractivity contribution in [1.29, 1.82) is 0 Å². The van der Waals surface area contributed by atoms with Crippen LogP contribution in [0.2, 0.25) is 0 Å². The Labute approximate surface area is 148 Å². The second kappa shape index (κ2) is 9.73. The highest BCUT2D eigenvalue weighted by Crippen LogP contribution is 2.28. The van der Waals surface area contributed by atoms with Crippen LogP contribution in [0.25, 0.3) is 0 Å². The van der Waals surface area contributed by atoms with Crippen molar-refractivity contribution in [1.82, 2.24) is 0 Å². The molecule has 1 unspecified atom stereocenters. The van der Waals surface area contributed by atoms with E-state index in [0.717, 1.165) is 30.9 Å². The molecule has 124 valence electrons. The van der Waals surface area contributed by atoms with E-state index in [2.05, 4.69) is 10.3 Å². The zero-order chi connectivity index (χ0) is 15.1. The van der Waals surface area contributed by atoms with Crippen molar-refractivity contribution in [2.24, 2.45) is 10.7 Å². The van der Waals surface area contributed by atoms with Gasteiger partial charge in [-0.2, -0.15) is 0 Å². The van der Waals surface area contributed by atoms with Gasteiger partial charge in [-0.3, -0.25) is 4.99 Å². The molecule has 0 radical (unpaired) electrons. The molecule has 1 atom stereocenters. The molecule has 0 spiro atoms. The van der Waals surface area contributed by atoms with Gasteiger partial charge < -0.3 is 25.3 Å². The monoisotopic (exact) mass is 421 g/mol. The Morgan fingerprint density at radius 1 is 1.36 bits per heavy atom. The summed E-state index contributed by atoms with van der Waals surface area (Å²) in [5, 5.41) is 3.04. The number of benzene rings is 1. The van der Waals surface area contributed by atoms with Crippen LogP contribution in [0, 0.1) is 0 Å². The minimum absolute atomic E-state index is 0. The Kier molecular flexibility index (Phi) is 8.32. The largest absolute Gasteiger partial charge is 0.497 e. The van der Waals surface area contributed by atoms with E-state index in [1.165, 1.54) is 6.42 Å². The molecule has 0 aliphatic carbocycles. The number of hydrogen-bond donors (Lipinski definition) is 2. The number of aliphatic imine (C=N–C) groups is 1. The lowest BCUT2D eigenvalue weighted by Crippen LogP contribution is -2.27. The molecule has 1 aromatic rings. The van der Waals surface area contributed by atoms with Gasteiger partial charge in [-0.05, 0) is 31.4 Å². The zero-order valence-corrected chi connectivity index (χ0v) is 15.3. The Hall–Kier alpha value is -1.22. The summed E-state index contributed by atoms with van der Waals surface area (Å²) in [4.78, 5) is 4.34. The van der Waals surface area contributed by atoms with Crippen LogP contribution in [0.1, 0.15) is 19.3 Å². The molecule has 7 heteroatoms. The van der Waals surface area contributed by atoms with Gasteiger partial charge in [0.1, 0.15) is 11.5 Å². The summed E-state index contributed by atoms with van der Waals surface area (Å²) in [6.45, 7) is 1.39. The van der Waals surface area contributed by atoms with Crippen molar-refractivity contribution in [3.63, 3.8) is 0 Å². The second-order valence-corrected chi connectivity index (χ2v) is 4.91. The molecule has 1 aromatic carbocycles. The molecule has 1 heterocycles. The van der Waals surface area contributed by atoms with Gasteiger partial charge in [0.25, 0.3) is 0 Å². The molecule has 2 rings (SSSR count). The van der Waals surface area contributed by atoms with Crippen LogP contribution in [0.4, 0.5) is 5.69 Å². The first kappa shape index (κ1) is 18.8. The Morgan fingerprint density at radius 2 is 2.18 bits per heavy atom. The summed E-state index contributed by atoms with van der Waals surface area (Å²) in [5.41, 5.74) is 6.65. The molecular formula is C15H24IN3O3. The van der Waals surface area contributed by atoms with E-state index in [-0.39, 0.29) is 30.1 Å². The van der Waals surface area contributed by atoms with E-state index in [1.54, 1.807) is 14.2 Å². The van der Waals surface area contributed by atoms with Crippen LogP contribution in [-0.4, -0.2) is 39.4 Å². The Bertz CT molecular complexity index is 491. The van der Waals surface area contributed by atoms with Crippen molar-refractivity contribution in [3.8, 4) is 11.5 Å². The van der Waals surface area contributed by atoms with Crippen molar-refractivity contribution >= 4 is 35.6 Å². The van der Waals surface area contributed by atoms with E-state index in [1.807, 2.05) is 18.2 Å². The highest BCUT2D eigenvalue weighted by molar-refractivity contribution is 14.0. The molecular weight excluding hydrogens is 397 g/mol. The number of nitrogens with two attached hydrogens (primary N) is 1. The molecule has 1 fully saturated rings. The molecule has 22 heavy (non-hydrogen) atoms. The molecule has 0 saturated carbocycles. The molecule has 3 N–H and O–H groups in total. The maximum atomic E-state index is 5.92. The molecule has 0 bridgehead atoms. The van der Waals surface area contributed by atoms with Crippen molar-refractivity contribution < 1.29 is 14.2 Å². The number of nitrogens with one attached hydrogen (secondary N) is 1. The number of anilines is 1. The van der Waals surface area contributed by atoms with Gasteiger partial charge in [0.2, 0.25) is 0 Å². The smallest absolute Gasteiger partial charge is 0.193 e. The minimum Gasteiger partial charge on any atom is -0.497 e. The van der Waals surface area contributed by atoms with Crippen LogP contribution >= 0.6 is 24.0 Å². The van der Waals surface area contributed by atoms with Crippen molar-refractivity contribution in [2.75, 3.05) is 32.7 Å². The maximum absolute atomic E-state index is 5.92. The van der Waals surface area contributed by atoms with Crippen molar-refractivity contribution in [2.45, 2.75) is 25.4 Å². The van der Waals surface area contributed by atoms with Crippen LogP contribution in [0.5, 0.6) is 11.5 Å². The number of ether oxygens (including phenoxy) is 3. The van der Waals surface area contributed by atoms with Gasteiger partial charge >= 0.3 is 0 Å². The van der Waals surface area contributed by atoms with Crippen molar-refractivity contribution in [3.05, 3.63) is 18.2 Å². The number of rotatable bonds is 5. The summed E-state index contributed by atoms with van der Waals surface area (Å²) in [6, 6.07) is 5.46. The lowest BCUT2D eigenvalue weighted by molar-refractivity contribution is 0.0225. The first-order chi connectivity index (χ1) is 10.2. The summed E-state index contributed by atoms with van der Waals surface area (Å²) in [6.07, 6.45) is 3.54. The first-order valence-electron chi connectivity index (χ1n) is 7.13. The highest BCUT2D eigenvalue weighted by atomic mass is 127. The minimum atomic E-state index is 0. The predicted molar refractivity (Wildman–Crippen MR) is 98.7 cm³/mol. The molecule has 6 nitrogen and oxygen atoms in total. The summed E-state index contributed by atoms with van der Waals surface area (Å²) >= 11 is 0. The van der Waals surface area contributed by atoms with Gasteiger partial charge in [-0.25, -0.2) is 0 Å². The quantitative estimate of drug-likeness (QED) is 0.434. The molecule has 0 amide bonds. The molecule has 1 saturated heterocycles. The van der Waals surface area contributed by atoms with E-state index in [9.17, 15) is 0 Å². The number of hydrogen-bond acceptors (Lipinski definition) is 4. The van der Waals surface area contributed by atoms with E-state index in [0.29, 0.717) is 18.3 Å². The average molecular weight is 421 g/mol. The topological polar surface area (TPSA) is 78.1 Å². The highest BCUT2D eigenvalue weighted by Gasteiger charge is 2.13. The lowest BCUT2D eigenvalue weighted by atomic mass is 10.1. The summed E-state index contributed by atoms with van der Waals surface area (Å²) in [7, 11) is 3.22. The van der Waals surface area contributed by atoms with Crippen LogP contribution in [-0.2, 0) is 4.74 Å². The van der Waals surface area contributed by atoms with Crippen LogP contribution in [0.3, 0.4) is 0 Å². The third-order valence-corrected chi connectivity index (χ3v) is 3.41. The standard InChI is InChI=1S/C15H23N3O3.HI/c1-19-11-6-7-14(20-2)13(9-11)18-15(16)17-10-12-5-3-4-8-21-12;/h6-7,9,12H,3-5,8,10H2,1-2H3,(H3,16,17,18);1H. The number of guanidine groups is 1. The normalized spacial score (nSPS) is 18.3. The van der Waals surface area contributed by atoms with Gasteiger partial charge in [0.15, 0.2) is 5.96 Å². The third kappa shape index (κ3) is 5.53. The van der Waals surface area contributed by atoms with Gasteiger partial charge in [0, 0.05) is 12.7 Å². The zero-order valence-electron chi connectivity index (χ0n) is 13.0. The Morgan fingerprint density at radius 3 is 2.82 bits per heavy atom. The van der Waals surface area contributed by atoms with Gasteiger partial charge in [0.05, 0.1) is 32.6 Å². The number of methoxy groups -OCH3 is 2. The van der Waals surface area contributed by atoms with Crippen LogP contribution in [0.15, 0.2) is 23.2 Å². The first-order valence-corrected chi connectivity index (χ1v) is 7.13. The number of halogens is 1. The molecule has 1 aliphatic rings. The van der Waals surface area contributed by atoms with E-state index < -0.39 is 0 Å². The lowest BCUT2D eigenvalue weighted by Gasteiger charge is -2.21. The second-order valence-electron chi connectivity index (χ2n) is 4.91.